The molecule has 2 aromatic carbocycles. The van der Waals surface area contributed by atoms with E-state index in [1.54, 1.807) is 19.2 Å². The number of esters is 1. The number of thiophene rings is 1. The molecular weight excluding hydrogens is 571 g/mol. The molecule has 0 amide bonds. The molecule has 0 bridgehead atoms. The third-order valence-corrected chi connectivity index (χ3v) is 9.94. The number of halogens is 2. The molecule has 0 aliphatic carbocycles. The summed E-state index contributed by atoms with van der Waals surface area (Å²) in [5, 5.41) is 0. The Labute approximate surface area is 236 Å². The Hall–Kier alpha value is -2.18. The SMILES string of the molecule is COC(=O)c1ccc(COC(CN2CCN(S(=O)(=O)c3cc(Cl)sc3Cl)CC2)c2cccc(OC)c2)cc1. The number of rotatable bonds is 10. The van der Waals surface area contributed by atoms with Crippen LogP contribution in [0.5, 0.6) is 5.75 Å². The maximum atomic E-state index is 13.1. The number of hydrogen-bond donors (Lipinski definition) is 0. The van der Waals surface area contributed by atoms with Gasteiger partial charge in [-0.15, -0.1) is 11.3 Å². The molecule has 1 atom stereocenters. The summed E-state index contributed by atoms with van der Waals surface area (Å²) >= 11 is 13.1. The fraction of sp³-hybridized carbons (Fsp3) is 0.346. The van der Waals surface area contributed by atoms with E-state index in [4.69, 9.17) is 37.4 Å². The van der Waals surface area contributed by atoms with E-state index in [-0.39, 0.29) is 15.3 Å². The molecule has 0 spiro atoms. The van der Waals surface area contributed by atoms with Gasteiger partial charge in [0.1, 0.15) is 15.0 Å². The van der Waals surface area contributed by atoms with Crippen molar-refractivity contribution >= 4 is 50.5 Å². The first kappa shape index (κ1) is 28.8. The lowest BCUT2D eigenvalue weighted by molar-refractivity contribution is 0.00761. The van der Waals surface area contributed by atoms with E-state index in [0.717, 1.165) is 28.2 Å². The minimum atomic E-state index is -3.72. The third-order valence-electron chi connectivity index (χ3n) is 6.29. The predicted octanol–water partition coefficient (Wildman–Crippen LogP) is 5.11. The van der Waals surface area contributed by atoms with E-state index in [9.17, 15) is 13.2 Å². The molecule has 2 heterocycles. The average molecular weight is 600 g/mol. The van der Waals surface area contributed by atoms with Gasteiger partial charge in [0.05, 0.1) is 36.8 Å². The topological polar surface area (TPSA) is 85.4 Å². The number of hydrogen-bond acceptors (Lipinski definition) is 8. The van der Waals surface area contributed by atoms with Crippen molar-refractivity contribution in [1.82, 2.24) is 9.21 Å². The molecule has 0 saturated carbocycles. The highest BCUT2D eigenvalue weighted by Gasteiger charge is 2.32. The maximum absolute atomic E-state index is 13.1. The van der Waals surface area contributed by atoms with Gasteiger partial charge in [-0.05, 0) is 41.5 Å². The smallest absolute Gasteiger partial charge is 0.337 e. The first-order chi connectivity index (χ1) is 18.2. The second-order valence-corrected chi connectivity index (χ2v) is 12.8. The number of carbonyl (C=O) groups is 1. The van der Waals surface area contributed by atoms with Gasteiger partial charge in [0.15, 0.2) is 0 Å². The van der Waals surface area contributed by atoms with Gasteiger partial charge in [0, 0.05) is 32.7 Å². The molecule has 1 unspecified atom stereocenters. The molecule has 1 fully saturated rings. The quantitative estimate of drug-likeness (QED) is 0.300. The van der Waals surface area contributed by atoms with Gasteiger partial charge in [-0.3, -0.25) is 4.90 Å². The van der Waals surface area contributed by atoms with Gasteiger partial charge >= 0.3 is 5.97 Å². The van der Waals surface area contributed by atoms with Crippen LogP contribution in [-0.2, 0) is 26.1 Å². The van der Waals surface area contributed by atoms with Gasteiger partial charge in [-0.1, -0.05) is 47.5 Å². The number of ether oxygens (including phenoxy) is 3. The highest BCUT2D eigenvalue weighted by Crippen LogP contribution is 2.36. The van der Waals surface area contributed by atoms with Crippen LogP contribution >= 0.6 is 34.5 Å². The predicted molar refractivity (Wildman–Crippen MR) is 148 cm³/mol. The van der Waals surface area contributed by atoms with E-state index in [2.05, 4.69) is 4.90 Å². The summed E-state index contributed by atoms with van der Waals surface area (Å²) in [5.41, 5.74) is 2.33. The van der Waals surface area contributed by atoms with E-state index < -0.39 is 16.0 Å². The van der Waals surface area contributed by atoms with Crippen molar-refractivity contribution in [2.24, 2.45) is 0 Å². The number of carbonyl (C=O) groups excluding carboxylic acids is 1. The van der Waals surface area contributed by atoms with Crippen molar-refractivity contribution in [2.75, 3.05) is 46.9 Å². The zero-order chi connectivity index (χ0) is 27.3. The number of nitrogens with zero attached hydrogens (tertiary/aromatic N) is 2. The molecule has 0 radical (unpaired) electrons. The summed E-state index contributed by atoms with van der Waals surface area (Å²) < 4.78 is 44.6. The third kappa shape index (κ3) is 6.87. The first-order valence-corrected chi connectivity index (χ1v) is 14.8. The Morgan fingerprint density at radius 3 is 2.34 bits per heavy atom. The number of methoxy groups -OCH3 is 2. The van der Waals surface area contributed by atoms with E-state index in [1.165, 1.54) is 17.5 Å². The number of benzene rings is 2. The Balaban J connectivity index is 1.44. The molecule has 3 aromatic rings. The Morgan fingerprint density at radius 1 is 1.03 bits per heavy atom. The van der Waals surface area contributed by atoms with E-state index in [1.807, 2.05) is 36.4 Å². The van der Waals surface area contributed by atoms with Crippen LogP contribution < -0.4 is 4.74 Å². The average Bonchev–Trinajstić information content (AvgIpc) is 3.29. The van der Waals surface area contributed by atoms with Crippen LogP contribution in [0.3, 0.4) is 0 Å². The fourth-order valence-corrected chi connectivity index (χ4v) is 7.71. The lowest BCUT2D eigenvalue weighted by atomic mass is 10.1. The molecule has 4 rings (SSSR count). The van der Waals surface area contributed by atoms with Crippen molar-refractivity contribution in [2.45, 2.75) is 17.6 Å². The Morgan fingerprint density at radius 2 is 1.74 bits per heavy atom. The van der Waals surface area contributed by atoms with Crippen molar-refractivity contribution in [3.63, 3.8) is 0 Å². The lowest BCUT2D eigenvalue weighted by Crippen LogP contribution is -2.49. The Bertz CT molecular complexity index is 1360. The van der Waals surface area contributed by atoms with Crippen molar-refractivity contribution in [3.8, 4) is 5.75 Å². The highest BCUT2D eigenvalue weighted by molar-refractivity contribution is 7.89. The summed E-state index contributed by atoms with van der Waals surface area (Å²) in [5.74, 6) is 0.331. The zero-order valence-corrected chi connectivity index (χ0v) is 24.1. The van der Waals surface area contributed by atoms with Crippen LogP contribution in [0.4, 0.5) is 0 Å². The minimum Gasteiger partial charge on any atom is -0.497 e. The standard InChI is InChI=1S/C26H28Cl2N2O6S2/c1-34-21-5-3-4-20(14-21)22(36-17-18-6-8-19(9-7-18)26(31)35-2)16-29-10-12-30(13-11-29)38(32,33)23-15-24(27)37-25(23)28/h3-9,14-15,22H,10-13,16-17H2,1-2H3. The van der Waals surface area contributed by atoms with E-state index in [0.29, 0.717) is 49.2 Å². The molecule has 1 aliphatic rings. The Kier molecular flexibility index (Phi) is 9.69. The summed E-state index contributed by atoms with van der Waals surface area (Å²) in [6.07, 6.45) is -0.293. The summed E-state index contributed by atoms with van der Waals surface area (Å²) in [4.78, 5) is 14.0. The van der Waals surface area contributed by atoms with Crippen LogP contribution in [0.25, 0.3) is 0 Å². The van der Waals surface area contributed by atoms with Crippen LogP contribution in [0, 0.1) is 0 Å². The largest absolute Gasteiger partial charge is 0.497 e. The molecule has 204 valence electrons. The molecule has 8 nitrogen and oxygen atoms in total. The van der Waals surface area contributed by atoms with Gasteiger partial charge in [-0.2, -0.15) is 4.31 Å². The van der Waals surface area contributed by atoms with Crippen molar-refractivity contribution in [1.29, 1.82) is 0 Å². The normalized spacial score (nSPS) is 15.8. The molecular formula is C26H28Cl2N2O6S2. The summed E-state index contributed by atoms with van der Waals surface area (Å²) in [7, 11) is -0.760. The molecule has 12 heteroatoms. The second kappa shape index (κ2) is 12.8. The molecule has 1 saturated heterocycles. The zero-order valence-electron chi connectivity index (χ0n) is 20.9. The first-order valence-electron chi connectivity index (χ1n) is 11.8. The molecule has 38 heavy (non-hydrogen) atoms. The summed E-state index contributed by atoms with van der Waals surface area (Å²) in [6.45, 7) is 2.61. The molecule has 0 N–H and O–H groups in total. The van der Waals surface area contributed by atoms with Crippen LogP contribution in [0.1, 0.15) is 27.6 Å². The number of piperazine rings is 1. The highest BCUT2D eigenvalue weighted by atomic mass is 35.5. The fourth-order valence-electron chi connectivity index (χ4n) is 4.17. The second-order valence-electron chi connectivity index (χ2n) is 8.66. The van der Waals surface area contributed by atoms with Gasteiger partial charge in [0.2, 0.25) is 10.0 Å². The van der Waals surface area contributed by atoms with Crippen LogP contribution in [0.2, 0.25) is 8.67 Å². The maximum Gasteiger partial charge on any atom is 0.337 e. The van der Waals surface area contributed by atoms with Crippen molar-refractivity contribution in [3.05, 3.63) is 80.0 Å². The molecule has 1 aliphatic heterocycles. The van der Waals surface area contributed by atoms with Crippen molar-refractivity contribution < 1.29 is 27.4 Å². The molecule has 1 aromatic heterocycles. The monoisotopic (exact) mass is 598 g/mol. The van der Waals surface area contributed by atoms with Gasteiger partial charge in [0.25, 0.3) is 0 Å². The lowest BCUT2D eigenvalue weighted by Gasteiger charge is -2.35. The van der Waals surface area contributed by atoms with E-state index >= 15 is 0 Å². The van der Waals surface area contributed by atoms with Crippen LogP contribution in [-0.4, -0.2) is 70.5 Å². The van der Waals surface area contributed by atoms with Gasteiger partial charge < -0.3 is 14.2 Å². The van der Waals surface area contributed by atoms with Gasteiger partial charge in [-0.25, -0.2) is 13.2 Å². The minimum absolute atomic E-state index is 0.0541. The summed E-state index contributed by atoms with van der Waals surface area (Å²) in [6, 6.07) is 16.2. The number of sulfonamides is 1. The van der Waals surface area contributed by atoms with Crippen LogP contribution in [0.15, 0.2) is 59.5 Å².